The predicted molar refractivity (Wildman–Crippen MR) is 103 cm³/mol. The molecule has 2 N–H and O–H groups in total. The molecule has 1 aliphatic rings. The number of hydrazine groups is 1. The van der Waals surface area contributed by atoms with Gasteiger partial charge < -0.3 is 4.57 Å². The van der Waals surface area contributed by atoms with E-state index in [0.717, 1.165) is 18.4 Å². The van der Waals surface area contributed by atoms with E-state index < -0.39 is 10.0 Å². The molecule has 27 heavy (non-hydrogen) atoms. The monoisotopic (exact) mass is 406 g/mol. The van der Waals surface area contributed by atoms with E-state index in [0.29, 0.717) is 17.2 Å². The van der Waals surface area contributed by atoms with E-state index in [1.807, 2.05) is 11.5 Å². The van der Waals surface area contributed by atoms with Crippen molar-refractivity contribution in [3.05, 3.63) is 41.4 Å². The SMILES string of the molecule is Cc1ccc(S(=O)(=O)NNc2nc(Cl)nc3c2ncn3C2CCCC2)cc1. The first-order chi connectivity index (χ1) is 12.9. The number of hydrogen-bond donors (Lipinski definition) is 2. The normalized spacial score (nSPS) is 15.5. The van der Waals surface area contributed by atoms with Crippen LogP contribution in [0.2, 0.25) is 5.28 Å². The van der Waals surface area contributed by atoms with Crippen LogP contribution in [0.3, 0.4) is 0 Å². The average molecular weight is 407 g/mol. The molecular weight excluding hydrogens is 388 g/mol. The Kier molecular flexibility index (Phi) is 4.75. The van der Waals surface area contributed by atoms with E-state index in [9.17, 15) is 8.42 Å². The van der Waals surface area contributed by atoms with Crippen LogP contribution in [0, 0.1) is 6.92 Å². The molecule has 0 bridgehead atoms. The van der Waals surface area contributed by atoms with Gasteiger partial charge in [-0.2, -0.15) is 9.97 Å². The fraction of sp³-hybridized carbons (Fsp3) is 0.353. The molecular formula is C17H19ClN6O2S. The van der Waals surface area contributed by atoms with Crippen molar-refractivity contribution < 1.29 is 8.42 Å². The number of sulfonamides is 1. The number of rotatable bonds is 5. The molecule has 0 amide bonds. The lowest BCUT2D eigenvalue weighted by molar-refractivity contribution is 0.529. The molecule has 2 heterocycles. The maximum absolute atomic E-state index is 12.5. The molecule has 4 rings (SSSR count). The van der Waals surface area contributed by atoms with Crippen LogP contribution < -0.4 is 10.3 Å². The Morgan fingerprint density at radius 2 is 1.85 bits per heavy atom. The van der Waals surface area contributed by atoms with Crippen LogP contribution in [0.5, 0.6) is 0 Å². The third-order valence-electron chi connectivity index (χ3n) is 4.75. The lowest BCUT2D eigenvalue weighted by Gasteiger charge is -2.12. The molecule has 1 fully saturated rings. The van der Waals surface area contributed by atoms with Gasteiger partial charge in [0.25, 0.3) is 10.0 Å². The minimum Gasteiger partial charge on any atom is -0.312 e. The topological polar surface area (TPSA) is 102 Å². The van der Waals surface area contributed by atoms with Gasteiger partial charge in [-0.25, -0.2) is 13.4 Å². The molecule has 0 unspecified atom stereocenters. The summed E-state index contributed by atoms with van der Waals surface area (Å²) in [5, 5.41) is 0.0271. The summed E-state index contributed by atoms with van der Waals surface area (Å²) in [5.41, 5.74) is 4.68. The van der Waals surface area contributed by atoms with Crippen LogP contribution in [0.15, 0.2) is 35.5 Å². The van der Waals surface area contributed by atoms with Crippen molar-refractivity contribution in [2.45, 2.75) is 43.5 Å². The predicted octanol–water partition coefficient (Wildman–Crippen LogP) is 3.21. The molecule has 2 aromatic heterocycles. The fourth-order valence-electron chi connectivity index (χ4n) is 3.32. The zero-order valence-corrected chi connectivity index (χ0v) is 16.3. The van der Waals surface area contributed by atoms with E-state index in [2.05, 4.69) is 25.2 Å². The number of nitrogens with one attached hydrogen (secondary N) is 2. The van der Waals surface area contributed by atoms with Gasteiger partial charge >= 0.3 is 0 Å². The summed E-state index contributed by atoms with van der Waals surface area (Å²) in [4.78, 5) is 15.2. The number of halogens is 1. The maximum atomic E-state index is 12.5. The number of imidazole rings is 1. The minimum atomic E-state index is -3.76. The Morgan fingerprint density at radius 1 is 1.15 bits per heavy atom. The van der Waals surface area contributed by atoms with Gasteiger partial charge in [-0.1, -0.05) is 30.5 Å². The van der Waals surface area contributed by atoms with E-state index in [1.165, 1.54) is 25.0 Å². The quantitative estimate of drug-likeness (QED) is 0.498. The number of fused-ring (bicyclic) bond motifs is 1. The zero-order valence-electron chi connectivity index (χ0n) is 14.7. The molecule has 1 aromatic carbocycles. The number of hydrogen-bond acceptors (Lipinski definition) is 6. The number of anilines is 1. The number of benzene rings is 1. The Labute approximate surface area is 162 Å². The van der Waals surface area contributed by atoms with Crippen molar-refractivity contribution in [2.24, 2.45) is 0 Å². The Balaban J connectivity index is 1.63. The third-order valence-corrected chi connectivity index (χ3v) is 6.18. The second kappa shape index (κ2) is 7.06. The average Bonchev–Trinajstić information content (AvgIpc) is 3.29. The van der Waals surface area contributed by atoms with E-state index in [-0.39, 0.29) is 16.0 Å². The van der Waals surface area contributed by atoms with Gasteiger partial charge in [0.05, 0.1) is 11.2 Å². The summed E-state index contributed by atoms with van der Waals surface area (Å²) < 4.78 is 26.9. The molecule has 0 saturated heterocycles. The van der Waals surface area contributed by atoms with Gasteiger partial charge in [0.1, 0.15) is 0 Å². The highest BCUT2D eigenvalue weighted by Crippen LogP contribution is 2.32. The summed E-state index contributed by atoms with van der Waals surface area (Å²) in [6, 6.07) is 6.88. The van der Waals surface area contributed by atoms with Crippen molar-refractivity contribution in [1.29, 1.82) is 0 Å². The molecule has 10 heteroatoms. The van der Waals surface area contributed by atoms with E-state index in [1.54, 1.807) is 18.5 Å². The molecule has 0 aliphatic heterocycles. The van der Waals surface area contributed by atoms with E-state index in [4.69, 9.17) is 11.6 Å². The Bertz CT molecular complexity index is 1070. The molecule has 142 valence electrons. The van der Waals surface area contributed by atoms with Gasteiger partial charge in [-0.3, -0.25) is 5.43 Å². The second-order valence-corrected chi connectivity index (χ2v) is 8.67. The van der Waals surface area contributed by atoms with Crippen LogP contribution in [0.4, 0.5) is 5.82 Å². The van der Waals surface area contributed by atoms with Crippen molar-refractivity contribution in [1.82, 2.24) is 24.4 Å². The van der Waals surface area contributed by atoms with Crippen molar-refractivity contribution in [3.63, 3.8) is 0 Å². The first-order valence-corrected chi connectivity index (χ1v) is 10.5. The molecule has 1 saturated carbocycles. The summed E-state index contributed by atoms with van der Waals surface area (Å²) in [7, 11) is -3.76. The molecule has 1 aliphatic carbocycles. The lowest BCUT2D eigenvalue weighted by Crippen LogP contribution is -2.30. The van der Waals surface area contributed by atoms with Gasteiger partial charge in [0.15, 0.2) is 17.0 Å². The molecule has 3 aromatic rings. The van der Waals surface area contributed by atoms with Crippen LogP contribution in [-0.2, 0) is 10.0 Å². The highest BCUT2D eigenvalue weighted by atomic mass is 35.5. The summed E-state index contributed by atoms with van der Waals surface area (Å²) in [6.07, 6.45) is 6.19. The number of nitrogens with zero attached hydrogens (tertiary/aromatic N) is 4. The fourth-order valence-corrected chi connectivity index (χ4v) is 4.33. The highest BCUT2D eigenvalue weighted by Gasteiger charge is 2.22. The van der Waals surface area contributed by atoms with Crippen LogP contribution in [-0.4, -0.2) is 27.9 Å². The highest BCUT2D eigenvalue weighted by molar-refractivity contribution is 7.89. The first kappa shape index (κ1) is 18.1. The van der Waals surface area contributed by atoms with Gasteiger partial charge in [0, 0.05) is 6.04 Å². The van der Waals surface area contributed by atoms with E-state index >= 15 is 0 Å². The van der Waals surface area contributed by atoms with Gasteiger partial charge in [-0.15, -0.1) is 4.83 Å². The van der Waals surface area contributed by atoms with Crippen LogP contribution >= 0.6 is 11.6 Å². The van der Waals surface area contributed by atoms with Crippen LogP contribution in [0.25, 0.3) is 11.2 Å². The molecule has 0 atom stereocenters. The Morgan fingerprint density at radius 3 is 2.56 bits per heavy atom. The minimum absolute atomic E-state index is 0.0271. The zero-order chi connectivity index (χ0) is 19.0. The largest absolute Gasteiger partial charge is 0.312 e. The lowest BCUT2D eigenvalue weighted by atomic mass is 10.2. The number of aryl methyl sites for hydroxylation is 1. The summed E-state index contributed by atoms with van der Waals surface area (Å²) >= 11 is 6.06. The third kappa shape index (κ3) is 3.62. The molecule has 0 radical (unpaired) electrons. The van der Waals surface area contributed by atoms with Gasteiger partial charge in [-0.05, 0) is 43.5 Å². The standard InChI is InChI=1S/C17H19ClN6O2S/c1-11-6-8-13(9-7-11)27(25,26)23-22-15-14-16(21-17(18)20-15)24(10-19-14)12-4-2-3-5-12/h6-10,12,23H,2-5H2,1H3,(H,20,21,22). The Hall–Kier alpha value is -2.23. The maximum Gasteiger partial charge on any atom is 0.257 e. The van der Waals surface area contributed by atoms with Crippen molar-refractivity contribution in [2.75, 3.05) is 5.43 Å². The van der Waals surface area contributed by atoms with Gasteiger partial charge in [0.2, 0.25) is 5.28 Å². The smallest absolute Gasteiger partial charge is 0.257 e. The molecule has 0 spiro atoms. The molecule has 8 nitrogen and oxygen atoms in total. The van der Waals surface area contributed by atoms with Crippen molar-refractivity contribution in [3.8, 4) is 0 Å². The number of aromatic nitrogens is 4. The summed E-state index contributed by atoms with van der Waals surface area (Å²) in [5.74, 6) is 0.220. The first-order valence-electron chi connectivity index (χ1n) is 8.68. The second-order valence-electron chi connectivity index (χ2n) is 6.65. The van der Waals surface area contributed by atoms with Crippen LogP contribution in [0.1, 0.15) is 37.3 Å². The summed E-state index contributed by atoms with van der Waals surface area (Å²) in [6.45, 7) is 1.89. The van der Waals surface area contributed by atoms with Crippen molar-refractivity contribution >= 4 is 38.6 Å².